The molecule has 5 rings (SSSR count). The smallest absolute Gasteiger partial charge is 0.364 e. The van der Waals surface area contributed by atoms with Crippen molar-refractivity contribution in [3.8, 4) is 22.6 Å². The van der Waals surface area contributed by atoms with Crippen LogP contribution in [-0.4, -0.2) is 36.1 Å². The fourth-order valence-corrected chi connectivity index (χ4v) is 5.34. The number of aryl methyl sites for hydroxylation is 1. The molecule has 2 N–H and O–H groups in total. The van der Waals surface area contributed by atoms with Crippen LogP contribution < -0.4 is 15.7 Å². The molecule has 0 radical (unpaired) electrons. The van der Waals surface area contributed by atoms with E-state index in [1.165, 1.54) is 0 Å². The second kappa shape index (κ2) is 11.4. The van der Waals surface area contributed by atoms with Gasteiger partial charge in [-0.3, -0.25) is 4.79 Å². The standard InChI is InChI=1S/C31H29Cl2NO7/c1-16-23(39-25-13-12-24(38-4)31(2,3)41-25)11-9-20-27(35)26(30(37)40-28(16)20)34-29(36)19-7-5-6-17(14-19)18-8-10-21(32)22(33)15-18/h5-11,14-15,24-25,35H,12-13H2,1-4H3,(H,34,36)/t24-,25-/m1/s1. The molecule has 41 heavy (non-hydrogen) atoms. The summed E-state index contributed by atoms with van der Waals surface area (Å²) in [5.74, 6) is -0.553. The molecule has 1 amide bonds. The van der Waals surface area contributed by atoms with Gasteiger partial charge < -0.3 is 29.1 Å². The molecular weight excluding hydrogens is 569 g/mol. The van der Waals surface area contributed by atoms with Gasteiger partial charge in [0.25, 0.3) is 5.91 Å². The van der Waals surface area contributed by atoms with Gasteiger partial charge in [-0.15, -0.1) is 0 Å². The first kappa shape index (κ1) is 29.0. The fourth-order valence-electron chi connectivity index (χ4n) is 5.04. The molecule has 2 atom stereocenters. The molecule has 0 aliphatic carbocycles. The lowest BCUT2D eigenvalue weighted by molar-refractivity contribution is -0.233. The van der Waals surface area contributed by atoms with E-state index in [1.807, 2.05) is 19.9 Å². The van der Waals surface area contributed by atoms with Crippen molar-refractivity contribution in [3.05, 3.63) is 86.2 Å². The number of carbonyl (C=O) groups is 1. The summed E-state index contributed by atoms with van der Waals surface area (Å²) in [6.45, 7) is 5.61. The molecule has 1 fully saturated rings. The number of halogens is 2. The molecule has 2 heterocycles. The molecule has 1 aliphatic heterocycles. The van der Waals surface area contributed by atoms with Crippen molar-refractivity contribution in [1.29, 1.82) is 0 Å². The van der Waals surface area contributed by atoms with E-state index in [9.17, 15) is 14.7 Å². The maximum atomic E-state index is 13.1. The molecule has 1 aromatic heterocycles. The van der Waals surface area contributed by atoms with Gasteiger partial charge in [-0.1, -0.05) is 41.4 Å². The van der Waals surface area contributed by atoms with Crippen LogP contribution >= 0.6 is 23.2 Å². The van der Waals surface area contributed by atoms with Crippen molar-refractivity contribution in [2.24, 2.45) is 0 Å². The van der Waals surface area contributed by atoms with Crippen LogP contribution in [-0.2, 0) is 9.47 Å². The van der Waals surface area contributed by atoms with Crippen LogP contribution in [0.4, 0.5) is 5.69 Å². The summed E-state index contributed by atoms with van der Waals surface area (Å²) in [6, 6.07) is 15.1. The van der Waals surface area contributed by atoms with E-state index in [-0.39, 0.29) is 28.3 Å². The molecule has 0 bridgehead atoms. The summed E-state index contributed by atoms with van der Waals surface area (Å²) in [7, 11) is 1.66. The quantitative estimate of drug-likeness (QED) is 0.224. The van der Waals surface area contributed by atoms with Crippen molar-refractivity contribution in [3.63, 3.8) is 0 Å². The molecular formula is C31H29Cl2NO7. The van der Waals surface area contributed by atoms with Gasteiger partial charge in [-0.05, 0) is 74.7 Å². The summed E-state index contributed by atoms with van der Waals surface area (Å²) in [5, 5.41) is 14.5. The van der Waals surface area contributed by atoms with Gasteiger partial charge in [-0.2, -0.15) is 0 Å². The van der Waals surface area contributed by atoms with Gasteiger partial charge in [-0.25, -0.2) is 4.79 Å². The van der Waals surface area contributed by atoms with Crippen LogP contribution in [0.2, 0.25) is 10.0 Å². The number of nitrogens with one attached hydrogen (secondary N) is 1. The second-order valence-corrected chi connectivity index (χ2v) is 11.2. The lowest BCUT2D eigenvalue weighted by Gasteiger charge is -2.41. The highest BCUT2D eigenvalue weighted by molar-refractivity contribution is 6.42. The summed E-state index contributed by atoms with van der Waals surface area (Å²) >= 11 is 12.2. The first-order valence-corrected chi connectivity index (χ1v) is 13.8. The topological polar surface area (TPSA) is 107 Å². The molecule has 0 saturated carbocycles. The summed E-state index contributed by atoms with van der Waals surface area (Å²) in [4.78, 5) is 26.0. The van der Waals surface area contributed by atoms with Crippen molar-refractivity contribution >= 4 is 45.8 Å². The Hall–Kier alpha value is -3.56. The number of carbonyl (C=O) groups excluding carboxylic acids is 1. The van der Waals surface area contributed by atoms with Gasteiger partial charge in [0.15, 0.2) is 11.4 Å². The first-order valence-electron chi connectivity index (χ1n) is 13.0. The summed E-state index contributed by atoms with van der Waals surface area (Å²) in [5.41, 5.74) is 0.599. The van der Waals surface area contributed by atoms with Crippen LogP contribution in [0.5, 0.6) is 11.5 Å². The summed E-state index contributed by atoms with van der Waals surface area (Å²) < 4.78 is 23.3. The number of hydrogen-bond acceptors (Lipinski definition) is 7. The monoisotopic (exact) mass is 597 g/mol. The van der Waals surface area contributed by atoms with E-state index in [1.54, 1.807) is 62.6 Å². The third kappa shape index (κ3) is 5.78. The fraction of sp³-hybridized carbons (Fsp3) is 0.290. The van der Waals surface area contributed by atoms with Gasteiger partial charge in [0.05, 0.1) is 27.1 Å². The number of aromatic hydroxyl groups is 1. The first-order chi connectivity index (χ1) is 19.5. The van der Waals surface area contributed by atoms with E-state index >= 15 is 0 Å². The molecule has 0 spiro atoms. The summed E-state index contributed by atoms with van der Waals surface area (Å²) in [6.07, 6.45) is 0.801. The average Bonchev–Trinajstić information content (AvgIpc) is 2.94. The lowest BCUT2D eigenvalue weighted by Crippen LogP contribution is -2.49. The second-order valence-electron chi connectivity index (χ2n) is 10.4. The Kier molecular flexibility index (Phi) is 8.03. The molecule has 0 unspecified atom stereocenters. The number of anilines is 1. The third-order valence-electron chi connectivity index (χ3n) is 7.28. The molecule has 214 valence electrons. The van der Waals surface area contributed by atoms with Gasteiger partial charge in [0.1, 0.15) is 11.3 Å². The number of amides is 1. The normalized spacial score (nSPS) is 18.3. The molecule has 1 aliphatic rings. The van der Waals surface area contributed by atoms with E-state index in [0.717, 1.165) is 17.5 Å². The minimum atomic E-state index is -0.901. The predicted molar refractivity (Wildman–Crippen MR) is 158 cm³/mol. The zero-order chi connectivity index (χ0) is 29.5. The van der Waals surface area contributed by atoms with E-state index in [4.69, 9.17) is 41.8 Å². The number of fused-ring (bicyclic) bond motifs is 1. The average molecular weight is 598 g/mol. The third-order valence-corrected chi connectivity index (χ3v) is 8.02. The van der Waals surface area contributed by atoms with Crippen molar-refractivity contribution in [2.75, 3.05) is 12.4 Å². The number of ether oxygens (including phenoxy) is 3. The molecule has 3 aromatic carbocycles. The SMILES string of the molecule is CO[C@@H]1CC[C@H](Oc2ccc3c(O)c(NC(=O)c4cccc(-c5ccc(Cl)c(Cl)c5)c4)c(=O)oc3c2C)OC1(C)C. The number of benzene rings is 3. The maximum Gasteiger partial charge on any atom is 0.364 e. The Balaban J connectivity index is 1.39. The zero-order valence-corrected chi connectivity index (χ0v) is 24.4. The van der Waals surface area contributed by atoms with Crippen LogP contribution in [0.3, 0.4) is 0 Å². The number of methoxy groups -OCH3 is 1. The molecule has 8 nitrogen and oxygen atoms in total. The highest BCUT2D eigenvalue weighted by atomic mass is 35.5. The van der Waals surface area contributed by atoms with Crippen LogP contribution in [0.1, 0.15) is 42.6 Å². The van der Waals surface area contributed by atoms with E-state index < -0.39 is 29.2 Å². The molecule has 4 aromatic rings. The number of rotatable bonds is 6. The van der Waals surface area contributed by atoms with E-state index in [0.29, 0.717) is 27.8 Å². The minimum Gasteiger partial charge on any atom is -0.505 e. The van der Waals surface area contributed by atoms with Crippen molar-refractivity contribution in [1.82, 2.24) is 0 Å². The maximum absolute atomic E-state index is 13.1. The van der Waals surface area contributed by atoms with Crippen LogP contribution in [0, 0.1) is 6.92 Å². The van der Waals surface area contributed by atoms with Crippen molar-refractivity contribution < 1.29 is 28.5 Å². The minimum absolute atomic E-state index is 0.0536. The van der Waals surface area contributed by atoms with Gasteiger partial charge in [0.2, 0.25) is 6.29 Å². The van der Waals surface area contributed by atoms with Gasteiger partial charge >= 0.3 is 5.63 Å². The Morgan fingerprint density at radius 3 is 2.51 bits per heavy atom. The largest absolute Gasteiger partial charge is 0.505 e. The van der Waals surface area contributed by atoms with Crippen molar-refractivity contribution in [2.45, 2.75) is 51.6 Å². The zero-order valence-electron chi connectivity index (χ0n) is 22.9. The Bertz CT molecular complexity index is 1700. The lowest BCUT2D eigenvalue weighted by atomic mass is 9.94. The Morgan fingerprint density at radius 1 is 1.05 bits per heavy atom. The van der Waals surface area contributed by atoms with Crippen LogP contribution in [0.15, 0.2) is 63.8 Å². The predicted octanol–water partition coefficient (Wildman–Crippen LogP) is 7.34. The number of hydrogen-bond donors (Lipinski definition) is 2. The van der Waals surface area contributed by atoms with Gasteiger partial charge in [0, 0.05) is 24.7 Å². The highest BCUT2D eigenvalue weighted by Gasteiger charge is 2.39. The van der Waals surface area contributed by atoms with Crippen LogP contribution in [0.25, 0.3) is 22.1 Å². The molecule has 10 heteroatoms. The highest BCUT2D eigenvalue weighted by Crippen LogP contribution is 2.38. The van der Waals surface area contributed by atoms with E-state index in [2.05, 4.69) is 5.32 Å². The molecule has 1 saturated heterocycles. The Labute approximate surface area is 246 Å². The Morgan fingerprint density at radius 2 is 1.80 bits per heavy atom.